The van der Waals surface area contributed by atoms with Gasteiger partial charge in [0, 0.05) is 31.3 Å². The number of nitrogens with zero attached hydrogens (tertiary/aromatic N) is 2. The number of rotatable bonds is 7. The summed E-state index contributed by atoms with van der Waals surface area (Å²) in [6.07, 6.45) is 12.1. The first kappa shape index (κ1) is 15.3. The lowest BCUT2D eigenvalue weighted by Gasteiger charge is -2.27. The van der Waals surface area contributed by atoms with E-state index in [1.165, 1.54) is 32.1 Å². The van der Waals surface area contributed by atoms with Crippen LogP contribution in [0.25, 0.3) is 0 Å². The molecule has 1 aromatic heterocycles. The smallest absolute Gasteiger partial charge is 0.136 e. The molecule has 0 N–H and O–H groups in total. The first-order chi connectivity index (χ1) is 9.70. The maximum Gasteiger partial charge on any atom is 0.136 e. The number of ketones is 1. The van der Waals surface area contributed by atoms with Crippen LogP contribution >= 0.6 is 0 Å². The number of hydrogen-bond donors (Lipinski definition) is 0. The van der Waals surface area contributed by atoms with Crippen LogP contribution in [0.2, 0.25) is 0 Å². The number of carbonyl (C=O) groups is 1. The van der Waals surface area contributed by atoms with Gasteiger partial charge < -0.3 is 0 Å². The van der Waals surface area contributed by atoms with Gasteiger partial charge >= 0.3 is 0 Å². The van der Waals surface area contributed by atoms with Crippen LogP contribution < -0.4 is 0 Å². The van der Waals surface area contributed by atoms with Crippen LogP contribution in [0, 0.1) is 11.8 Å². The van der Waals surface area contributed by atoms with E-state index < -0.39 is 0 Å². The Morgan fingerprint density at radius 3 is 2.70 bits per heavy atom. The molecule has 1 aromatic rings. The summed E-state index contributed by atoms with van der Waals surface area (Å²) < 4.78 is 1.87. The lowest BCUT2D eigenvalue weighted by Crippen LogP contribution is -2.22. The fourth-order valence-corrected chi connectivity index (χ4v) is 3.37. The molecule has 0 aromatic carbocycles. The van der Waals surface area contributed by atoms with Crippen molar-refractivity contribution in [2.75, 3.05) is 0 Å². The second-order valence-corrected chi connectivity index (χ2v) is 6.27. The molecule has 20 heavy (non-hydrogen) atoms. The van der Waals surface area contributed by atoms with E-state index in [9.17, 15) is 4.79 Å². The highest BCUT2D eigenvalue weighted by Gasteiger charge is 2.25. The van der Waals surface area contributed by atoms with Gasteiger partial charge in [0.25, 0.3) is 0 Å². The van der Waals surface area contributed by atoms with Crippen molar-refractivity contribution in [2.45, 2.75) is 64.7 Å². The summed E-state index contributed by atoms with van der Waals surface area (Å²) in [7, 11) is 1.94. The minimum absolute atomic E-state index is 0.334. The first-order valence-corrected chi connectivity index (χ1v) is 8.20. The van der Waals surface area contributed by atoms with E-state index in [2.05, 4.69) is 12.0 Å². The molecule has 1 saturated carbocycles. The molecule has 3 heteroatoms. The van der Waals surface area contributed by atoms with Gasteiger partial charge in [-0.2, -0.15) is 5.10 Å². The molecule has 0 radical (unpaired) electrons. The molecule has 0 aliphatic heterocycles. The van der Waals surface area contributed by atoms with Gasteiger partial charge in [0.1, 0.15) is 5.78 Å². The highest BCUT2D eigenvalue weighted by atomic mass is 16.1. The summed E-state index contributed by atoms with van der Waals surface area (Å²) in [5.41, 5.74) is 1.16. The van der Waals surface area contributed by atoms with Crippen molar-refractivity contribution in [1.82, 2.24) is 9.78 Å². The van der Waals surface area contributed by atoms with E-state index in [-0.39, 0.29) is 0 Å². The zero-order valence-electron chi connectivity index (χ0n) is 13.0. The number of aryl methyl sites for hydroxylation is 2. The molecule has 0 atom stereocenters. The van der Waals surface area contributed by atoms with E-state index >= 15 is 0 Å². The van der Waals surface area contributed by atoms with Crippen LogP contribution in [-0.4, -0.2) is 15.6 Å². The molecule has 1 aliphatic rings. The second-order valence-electron chi connectivity index (χ2n) is 6.27. The topological polar surface area (TPSA) is 34.9 Å². The van der Waals surface area contributed by atoms with E-state index in [1.54, 1.807) is 6.20 Å². The lowest BCUT2D eigenvalue weighted by atomic mass is 9.77. The van der Waals surface area contributed by atoms with Gasteiger partial charge in [0.15, 0.2) is 0 Å². The molecule has 2 rings (SSSR count). The number of hydrogen-bond acceptors (Lipinski definition) is 2. The summed E-state index contributed by atoms with van der Waals surface area (Å²) in [5.74, 6) is 1.69. The Hall–Kier alpha value is -1.12. The normalized spacial score (nSPS) is 22.9. The zero-order chi connectivity index (χ0) is 14.4. The van der Waals surface area contributed by atoms with Gasteiger partial charge in [-0.1, -0.05) is 26.2 Å². The van der Waals surface area contributed by atoms with Gasteiger partial charge in [-0.25, -0.2) is 0 Å². The molecule has 3 nitrogen and oxygen atoms in total. The number of Topliss-reactive ketones (excluding diaryl/α,β-unsaturated/α-hetero) is 1. The van der Waals surface area contributed by atoms with Crippen molar-refractivity contribution < 1.29 is 4.79 Å². The predicted octanol–water partition coefficient (Wildman–Crippen LogP) is 3.92. The highest BCUT2D eigenvalue weighted by molar-refractivity contribution is 5.81. The molecule has 1 aliphatic carbocycles. The summed E-state index contributed by atoms with van der Waals surface area (Å²) >= 11 is 0. The van der Waals surface area contributed by atoms with Crippen LogP contribution in [0.1, 0.15) is 64.0 Å². The predicted molar refractivity (Wildman–Crippen MR) is 81.5 cm³/mol. The van der Waals surface area contributed by atoms with E-state index in [1.807, 2.05) is 17.8 Å². The minimum Gasteiger partial charge on any atom is -0.299 e. The van der Waals surface area contributed by atoms with Crippen molar-refractivity contribution in [3.8, 4) is 0 Å². The Kier molecular flexibility index (Phi) is 5.81. The van der Waals surface area contributed by atoms with Crippen molar-refractivity contribution in [1.29, 1.82) is 0 Å². The molecule has 0 spiro atoms. The molecule has 112 valence electrons. The van der Waals surface area contributed by atoms with Gasteiger partial charge in [0.2, 0.25) is 0 Å². The number of aromatic nitrogens is 2. The standard InChI is InChI=1S/C17H28N2O/c1-3-4-5-14-6-8-15(9-7-14)17(20)11-10-16-12-13-18-19(16)2/h12-15H,3-11H2,1-2H3. The highest BCUT2D eigenvalue weighted by Crippen LogP contribution is 2.33. The van der Waals surface area contributed by atoms with Crippen molar-refractivity contribution in [3.63, 3.8) is 0 Å². The Morgan fingerprint density at radius 1 is 1.35 bits per heavy atom. The molecule has 1 heterocycles. The van der Waals surface area contributed by atoms with Crippen molar-refractivity contribution in [2.24, 2.45) is 18.9 Å². The third kappa shape index (κ3) is 4.19. The van der Waals surface area contributed by atoms with Gasteiger partial charge in [-0.05, 0) is 44.1 Å². The van der Waals surface area contributed by atoms with E-state index in [0.29, 0.717) is 18.1 Å². The Labute approximate surface area is 122 Å². The average molecular weight is 276 g/mol. The summed E-state index contributed by atoms with van der Waals surface area (Å²) in [6.45, 7) is 2.26. The van der Waals surface area contributed by atoms with Crippen molar-refractivity contribution in [3.05, 3.63) is 18.0 Å². The molecule has 0 unspecified atom stereocenters. The zero-order valence-corrected chi connectivity index (χ0v) is 13.0. The van der Waals surface area contributed by atoms with Crippen LogP contribution in [0.4, 0.5) is 0 Å². The van der Waals surface area contributed by atoms with E-state index in [4.69, 9.17) is 0 Å². The largest absolute Gasteiger partial charge is 0.299 e. The first-order valence-electron chi connectivity index (χ1n) is 8.20. The second kappa shape index (κ2) is 7.61. The Balaban J connectivity index is 1.71. The van der Waals surface area contributed by atoms with Gasteiger partial charge in [-0.3, -0.25) is 9.48 Å². The SMILES string of the molecule is CCCCC1CCC(C(=O)CCc2ccnn2C)CC1. The molecule has 1 fully saturated rings. The third-order valence-corrected chi connectivity index (χ3v) is 4.82. The van der Waals surface area contributed by atoms with Crippen LogP contribution in [0.3, 0.4) is 0 Å². The lowest BCUT2D eigenvalue weighted by molar-refractivity contribution is -0.124. The fraction of sp³-hybridized carbons (Fsp3) is 0.765. The molecule has 0 saturated heterocycles. The maximum atomic E-state index is 12.3. The quantitative estimate of drug-likeness (QED) is 0.756. The van der Waals surface area contributed by atoms with Crippen molar-refractivity contribution >= 4 is 5.78 Å². The van der Waals surface area contributed by atoms with Crippen LogP contribution in [0.5, 0.6) is 0 Å². The Morgan fingerprint density at radius 2 is 2.10 bits per heavy atom. The molecule has 0 amide bonds. The minimum atomic E-state index is 0.334. The molecule has 0 bridgehead atoms. The average Bonchev–Trinajstić information content (AvgIpc) is 2.88. The fourth-order valence-electron chi connectivity index (χ4n) is 3.37. The van der Waals surface area contributed by atoms with Gasteiger partial charge in [0.05, 0.1) is 0 Å². The Bertz CT molecular complexity index is 416. The molecular formula is C17H28N2O. The monoisotopic (exact) mass is 276 g/mol. The van der Waals surface area contributed by atoms with Crippen LogP contribution in [0.15, 0.2) is 12.3 Å². The van der Waals surface area contributed by atoms with E-state index in [0.717, 1.165) is 30.9 Å². The number of unbranched alkanes of at least 4 members (excludes halogenated alkanes) is 1. The van der Waals surface area contributed by atoms with Crippen LogP contribution in [-0.2, 0) is 18.3 Å². The van der Waals surface area contributed by atoms with Gasteiger partial charge in [-0.15, -0.1) is 0 Å². The summed E-state index contributed by atoms with van der Waals surface area (Å²) in [4.78, 5) is 12.3. The molecular weight excluding hydrogens is 248 g/mol. The summed E-state index contributed by atoms with van der Waals surface area (Å²) in [6, 6.07) is 2.01. The number of carbonyl (C=O) groups excluding carboxylic acids is 1. The third-order valence-electron chi connectivity index (χ3n) is 4.82. The summed E-state index contributed by atoms with van der Waals surface area (Å²) in [5, 5.41) is 4.15. The maximum absolute atomic E-state index is 12.3.